The van der Waals surface area contributed by atoms with Crippen LogP contribution in [0.15, 0.2) is 0 Å². The fraction of sp³-hybridized carbons (Fsp3) is 0.842. The molecule has 3 aliphatic rings. The summed E-state index contributed by atoms with van der Waals surface area (Å²) in [6.07, 6.45) is 14.1. The molecule has 11 heteroatoms. The Morgan fingerprint density at radius 2 is 1.00 bits per heavy atom. The summed E-state index contributed by atoms with van der Waals surface area (Å²) in [4.78, 5) is 19.2. The standard InChI is InChI=1S/C19H32N6.ClH.4H3N.4H2/c1-4-10-16(11-5-1)20-17-21-18(24-12-6-2-7-13-24)23-19(22-17)25-14-8-3-9-15-25;;;;;;;;;/h16H,1-15H2,(H,20,21,22,23);1H;4*1H3;4*1H. The molecule has 1 aromatic rings. The lowest BCUT2D eigenvalue weighted by Gasteiger charge is -2.31. The highest BCUT2D eigenvalue weighted by Gasteiger charge is 2.22. The summed E-state index contributed by atoms with van der Waals surface area (Å²) in [5.74, 6) is 2.56. The van der Waals surface area contributed by atoms with E-state index in [1.807, 2.05) is 0 Å². The third-order valence-electron chi connectivity index (χ3n) is 5.83. The number of piperidine rings is 2. The highest BCUT2D eigenvalue weighted by atomic mass is 35.5. The molecule has 13 N–H and O–H groups in total. The van der Waals surface area contributed by atoms with Gasteiger partial charge in [0.1, 0.15) is 0 Å². The minimum atomic E-state index is 0. The Kier molecular flexibility index (Phi) is 15.7. The summed E-state index contributed by atoms with van der Waals surface area (Å²) in [7, 11) is 0. The Bertz CT molecular complexity index is 540. The van der Waals surface area contributed by atoms with E-state index in [1.54, 1.807) is 0 Å². The minimum absolute atomic E-state index is 0. The molecule has 0 amide bonds. The molecule has 0 atom stereocenters. The van der Waals surface area contributed by atoms with Crippen LogP contribution in [0.5, 0.6) is 0 Å². The lowest BCUT2D eigenvalue weighted by Crippen LogP contribution is -2.35. The molecule has 1 aromatic heterocycles. The highest BCUT2D eigenvalue weighted by molar-refractivity contribution is 5.85. The van der Waals surface area contributed by atoms with Crippen LogP contribution in [0.4, 0.5) is 17.8 Å². The molecular weight excluding hydrogens is 404 g/mol. The number of rotatable bonds is 4. The Labute approximate surface area is 194 Å². The van der Waals surface area contributed by atoms with Crippen LogP contribution < -0.4 is 39.7 Å². The van der Waals surface area contributed by atoms with E-state index in [-0.39, 0.29) is 42.7 Å². The first-order chi connectivity index (χ1) is 12.4. The predicted octanol–water partition coefficient (Wildman–Crippen LogP) is 5.65. The van der Waals surface area contributed by atoms with E-state index in [9.17, 15) is 0 Å². The summed E-state index contributed by atoms with van der Waals surface area (Å²) in [6.45, 7) is 4.30. The Morgan fingerprint density at radius 1 is 0.600 bits per heavy atom. The van der Waals surface area contributed by atoms with Crippen molar-refractivity contribution in [3.05, 3.63) is 0 Å². The van der Waals surface area contributed by atoms with Crippen molar-refractivity contribution < 1.29 is 5.71 Å². The molecule has 30 heavy (non-hydrogen) atoms. The molecule has 4 rings (SSSR count). The second-order valence-corrected chi connectivity index (χ2v) is 7.83. The van der Waals surface area contributed by atoms with Crippen molar-refractivity contribution in [3.8, 4) is 0 Å². The number of nitrogens with zero attached hydrogens (tertiary/aromatic N) is 5. The quantitative estimate of drug-likeness (QED) is 0.376. The minimum Gasteiger partial charge on any atom is -0.351 e. The van der Waals surface area contributed by atoms with Gasteiger partial charge in [0, 0.05) is 37.9 Å². The number of halogens is 1. The molecule has 0 aromatic carbocycles. The molecular formula is C19H53ClN10. The van der Waals surface area contributed by atoms with Crippen molar-refractivity contribution in [2.45, 2.75) is 76.7 Å². The van der Waals surface area contributed by atoms with Gasteiger partial charge in [0.2, 0.25) is 17.8 Å². The van der Waals surface area contributed by atoms with Crippen LogP contribution in [0.1, 0.15) is 76.3 Å². The molecule has 1 aliphatic carbocycles. The lowest BCUT2D eigenvalue weighted by atomic mass is 9.96. The maximum absolute atomic E-state index is 4.86. The normalized spacial score (nSPS) is 19.1. The maximum Gasteiger partial charge on any atom is 0.231 e. The van der Waals surface area contributed by atoms with Gasteiger partial charge < -0.3 is 39.7 Å². The van der Waals surface area contributed by atoms with E-state index in [4.69, 9.17) is 15.0 Å². The first-order valence-electron chi connectivity index (χ1n) is 10.4. The largest absolute Gasteiger partial charge is 0.351 e. The molecule has 0 radical (unpaired) electrons. The molecule has 0 unspecified atom stereocenters. The van der Waals surface area contributed by atoms with Crippen LogP contribution in [0.2, 0.25) is 0 Å². The van der Waals surface area contributed by atoms with Gasteiger partial charge in [0.05, 0.1) is 0 Å². The van der Waals surface area contributed by atoms with E-state index in [0.29, 0.717) is 6.04 Å². The van der Waals surface area contributed by atoms with Gasteiger partial charge in [-0.3, -0.25) is 0 Å². The molecule has 0 spiro atoms. The van der Waals surface area contributed by atoms with Gasteiger partial charge in [0.15, 0.2) is 0 Å². The smallest absolute Gasteiger partial charge is 0.231 e. The highest BCUT2D eigenvalue weighted by Crippen LogP contribution is 2.25. The molecule has 2 saturated heterocycles. The van der Waals surface area contributed by atoms with Crippen LogP contribution in [0.25, 0.3) is 0 Å². The van der Waals surface area contributed by atoms with E-state index in [1.165, 1.54) is 70.6 Å². The monoisotopic (exact) mass is 456 g/mol. The van der Waals surface area contributed by atoms with Gasteiger partial charge >= 0.3 is 0 Å². The van der Waals surface area contributed by atoms with Crippen molar-refractivity contribution in [1.82, 2.24) is 39.6 Å². The molecule has 2 aliphatic heterocycles. The van der Waals surface area contributed by atoms with Gasteiger partial charge in [-0.25, -0.2) is 0 Å². The summed E-state index contributed by atoms with van der Waals surface area (Å²) in [5.41, 5.74) is 0. The maximum atomic E-state index is 4.86. The van der Waals surface area contributed by atoms with Crippen LogP contribution in [-0.4, -0.2) is 47.2 Å². The van der Waals surface area contributed by atoms with Crippen molar-refractivity contribution in [2.75, 3.05) is 41.3 Å². The van der Waals surface area contributed by atoms with Gasteiger partial charge in [-0.05, 0) is 51.4 Å². The molecule has 186 valence electrons. The number of hydrogen-bond donors (Lipinski definition) is 5. The number of nitrogens with one attached hydrogen (secondary N) is 1. The Balaban J connectivity index is -0.000000218. The van der Waals surface area contributed by atoms with Crippen molar-refractivity contribution in [2.24, 2.45) is 0 Å². The first-order valence-corrected chi connectivity index (χ1v) is 10.4. The van der Waals surface area contributed by atoms with Gasteiger partial charge in [-0.2, -0.15) is 15.0 Å². The third-order valence-corrected chi connectivity index (χ3v) is 5.83. The van der Waals surface area contributed by atoms with E-state index >= 15 is 0 Å². The second kappa shape index (κ2) is 15.4. The molecule has 3 heterocycles. The van der Waals surface area contributed by atoms with Crippen molar-refractivity contribution in [1.29, 1.82) is 0 Å². The van der Waals surface area contributed by atoms with Gasteiger partial charge in [0.25, 0.3) is 0 Å². The van der Waals surface area contributed by atoms with E-state index in [0.717, 1.165) is 44.0 Å². The molecule has 3 fully saturated rings. The Morgan fingerprint density at radius 3 is 1.43 bits per heavy atom. The third kappa shape index (κ3) is 7.99. The zero-order valence-electron chi connectivity index (χ0n) is 18.7. The SMILES string of the molecule is C1CCC(Nc2nc(N3CCCCC3)nc(N3CCCCC3)n2)CC1.Cl.N.N.N.N.[HH].[HH].[HH].[HH]. The predicted molar refractivity (Wildman–Crippen MR) is 138 cm³/mol. The topological polar surface area (TPSA) is 197 Å². The summed E-state index contributed by atoms with van der Waals surface area (Å²) >= 11 is 0. The second-order valence-electron chi connectivity index (χ2n) is 7.83. The van der Waals surface area contributed by atoms with Gasteiger partial charge in [-0.15, -0.1) is 12.4 Å². The molecule has 0 bridgehead atoms. The van der Waals surface area contributed by atoms with Crippen LogP contribution in [-0.2, 0) is 0 Å². The van der Waals surface area contributed by atoms with Crippen molar-refractivity contribution >= 4 is 30.3 Å². The average molecular weight is 457 g/mol. The summed E-state index contributed by atoms with van der Waals surface area (Å²) < 4.78 is 0. The fourth-order valence-corrected chi connectivity index (χ4v) is 4.32. The summed E-state index contributed by atoms with van der Waals surface area (Å²) in [5, 5.41) is 3.62. The molecule has 1 saturated carbocycles. The first kappa shape index (κ1) is 30.7. The zero-order chi connectivity index (χ0) is 16.9. The van der Waals surface area contributed by atoms with Gasteiger partial charge in [-0.1, -0.05) is 19.3 Å². The van der Waals surface area contributed by atoms with Crippen LogP contribution in [0.3, 0.4) is 0 Å². The Hall–Kier alpha value is -1.46. The zero-order valence-corrected chi connectivity index (χ0v) is 19.5. The van der Waals surface area contributed by atoms with Crippen LogP contribution in [0, 0.1) is 0 Å². The number of hydrogen-bond acceptors (Lipinski definition) is 10. The fourth-order valence-electron chi connectivity index (χ4n) is 4.32. The lowest BCUT2D eigenvalue weighted by molar-refractivity contribution is 0.460. The van der Waals surface area contributed by atoms with Crippen molar-refractivity contribution in [3.63, 3.8) is 0 Å². The number of anilines is 3. The molecule has 10 nitrogen and oxygen atoms in total. The number of aromatic nitrogens is 3. The van der Waals surface area contributed by atoms with E-state index < -0.39 is 0 Å². The van der Waals surface area contributed by atoms with Crippen LogP contribution >= 0.6 is 12.4 Å². The average Bonchev–Trinajstić information content (AvgIpc) is 2.70. The van der Waals surface area contributed by atoms with E-state index in [2.05, 4.69) is 15.1 Å². The summed E-state index contributed by atoms with van der Waals surface area (Å²) in [6, 6.07) is 0.527.